The highest BCUT2D eigenvalue weighted by Crippen LogP contribution is 2.63. The summed E-state index contributed by atoms with van der Waals surface area (Å²) in [4.78, 5) is 17.7. The van der Waals surface area contributed by atoms with Crippen molar-refractivity contribution in [3.05, 3.63) is 276 Å². The van der Waals surface area contributed by atoms with Crippen LogP contribution in [0, 0.1) is 13.8 Å². The van der Waals surface area contributed by atoms with Crippen molar-refractivity contribution in [1.29, 1.82) is 0 Å². The minimum Gasteiger partial charge on any atom is -0.310 e. The van der Waals surface area contributed by atoms with Crippen LogP contribution in [0.3, 0.4) is 0 Å². The van der Waals surface area contributed by atoms with Crippen molar-refractivity contribution >= 4 is 17.1 Å². The molecule has 1 heterocycles. The molecule has 0 radical (unpaired) electrons. The second-order valence-corrected chi connectivity index (χ2v) is 18.3. The van der Waals surface area contributed by atoms with Gasteiger partial charge in [0.25, 0.3) is 0 Å². The van der Waals surface area contributed by atoms with E-state index in [0.717, 1.165) is 56.0 Å². The van der Waals surface area contributed by atoms with Crippen LogP contribution >= 0.6 is 0 Å². The third-order valence-electron chi connectivity index (χ3n) is 14.6. The molecule has 0 fully saturated rings. The average molecular weight is 895 g/mol. The van der Waals surface area contributed by atoms with Crippen LogP contribution < -0.4 is 4.90 Å². The van der Waals surface area contributed by atoms with E-state index in [-0.39, 0.29) is 0 Å². The van der Waals surface area contributed by atoms with E-state index in [4.69, 9.17) is 15.0 Å². The van der Waals surface area contributed by atoms with Gasteiger partial charge in [0.2, 0.25) is 0 Å². The standard InChI is InChI=1S/C66H46N4/c1-43-51(29-18-31-53(43)65-68-63(47-22-8-4-9-23-47)67-64(69-65)48-24-10-5-11-25-48)52-30-19-35-62(44(52)2)70(49-38-36-46(37-39-49)45-20-6-3-7-21-45)50-40-41-61-57(42-50)56-28-14-17-34-60(56)66(61)58-32-15-12-26-54(58)55-27-13-16-33-59(55)66/h3-42H,1-2H3. The van der Waals surface area contributed by atoms with Crippen LogP contribution in [0.15, 0.2) is 243 Å². The van der Waals surface area contributed by atoms with E-state index in [1.54, 1.807) is 0 Å². The third-order valence-corrected chi connectivity index (χ3v) is 14.6. The lowest BCUT2D eigenvalue weighted by Crippen LogP contribution is -2.25. The Balaban J connectivity index is 0.978. The lowest BCUT2D eigenvalue weighted by Gasteiger charge is -2.31. The number of aromatic nitrogens is 3. The van der Waals surface area contributed by atoms with Crippen LogP contribution in [0.25, 0.3) is 78.7 Å². The Morgan fingerprint density at radius 2 is 0.686 bits per heavy atom. The van der Waals surface area contributed by atoms with Crippen molar-refractivity contribution in [1.82, 2.24) is 15.0 Å². The Kier molecular flexibility index (Phi) is 9.81. The predicted octanol–water partition coefficient (Wildman–Crippen LogP) is 16.6. The van der Waals surface area contributed by atoms with E-state index in [9.17, 15) is 0 Å². The molecule has 1 aromatic heterocycles. The maximum atomic E-state index is 5.14. The Labute approximate surface area is 409 Å². The van der Waals surface area contributed by atoms with Crippen molar-refractivity contribution < 1.29 is 0 Å². The van der Waals surface area contributed by atoms with Gasteiger partial charge in [-0.3, -0.25) is 0 Å². The first kappa shape index (κ1) is 41.2. The fourth-order valence-electron chi connectivity index (χ4n) is 11.3. The zero-order valence-electron chi connectivity index (χ0n) is 38.9. The normalized spacial score (nSPS) is 12.5. The average Bonchev–Trinajstić information content (AvgIpc) is 3.89. The molecule has 10 aromatic carbocycles. The molecule has 0 amide bonds. The van der Waals surface area contributed by atoms with Crippen LogP contribution in [-0.4, -0.2) is 15.0 Å². The zero-order valence-corrected chi connectivity index (χ0v) is 38.9. The molecular formula is C66H46N4. The van der Waals surface area contributed by atoms with Gasteiger partial charge in [-0.05, 0) is 122 Å². The summed E-state index contributed by atoms with van der Waals surface area (Å²) < 4.78 is 0. The first-order valence-corrected chi connectivity index (χ1v) is 24.0. The van der Waals surface area contributed by atoms with E-state index in [2.05, 4.69) is 225 Å². The van der Waals surface area contributed by atoms with E-state index < -0.39 is 5.41 Å². The van der Waals surface area contributed by atoms with Crippen molar-refractivity contribution in [3.8, 4) is 78.7 Å². The van der Waals surface area contributed by atoms with E-state index in [0.29, 0.717) is 17.5 Å². The maximum Gasteiger partial charge on any atom is 0.164 e. The number of anilines is 3. The Hall–Kier alpha value is -8.99. The summed E-state index contributed by atoms with van der Waals surface area (Å²) in [6, 6.07) is 87.4. The second kappa shape index (κ2) is 16.7. The van der Waals surface area contributed by atoms with Gasteiger partial charge in [0.1, 0.15) is 0 Å². The molecule has 1 spiro atoms. The second-order valence-electron chi connectivity index (χ2n) is 18.3. The molecule has 4 nitrogen and oxygen atoms in total. The lowest BCUT2D eigenvalue weighted by atomic mass is 9.70. The Morgan fingerprint density at radius 1 is 0.286 bits per heavy atom. The summed E-state index contributed by atoms with van der Waals surface area (Å²) in [7, 11) is 0. The fourth-order valence-corrected chi connectivity index (χ4v) is 11.3. The van der Waals surface area contributed by atoms with Gasteiger partial charge in [-0.2, -0.15) is 0 Å². The van der Waals surface area contributed by atoms with Gasteiger partial charge in [0, 0.05) is 33.8 Å². The van der Waals surface area contributed by atoms with Crippen LogP contribution in [-0.2, 0) is 5.41 Å². The minimum atomic E-state index is -0.416. The molecule has 0 aliphatic heterocycles. The Morgan fingerprint density at radius 3 is 1.26 bits per heavy atom. The molecular weight excluding hydrogens is 849 g/mol. The largest absolute Gasteiger partial charge is 0.310 e. The molecule has 0 N–H and O–H groups in total. The molecule has 2 aliphatic carbocycles. The van der Waals surface area contributed by atoms with Crippen LogP contribution in [0.1, 0.15) is 33.4 Å². The Bertz CT molecular complexity index is 3680. The number of benzene rings is 10. The van der Waals surface area contributed by atoms with E-state index in [1.807, 2.05) is 36.4 Å². The first-order chi connectivity index (χ1) is 34.6. The monoisotopic (exact) mass is 894 g/mol. The smallest absolute Gasteiger partial charge is 0.164 e. The number of nitrogens with zero attached hydrogens (tertiary/aromatic N) is 4. The molecule has 330 valence electrons. The van der Waals surface area contributed by atoms with Crippen LogP contribution in [0.5, 0.6) is 0 Å². The summed E-state index contributed by atoms with van der Waals surface area (Å²) in [5.41, 5.74) is 23.1. The summed E-state index contributed by atoms with van der Waals surface area (Å²) >= 11 is 0. The zero-order chi connectivity index (χ0) is 46.8. The van der Waals surface area contributed by atoms with Crippen molar-refractivity contribution in [2.24, 2.45) is 0 Å². The summed E-state index contributed by atoms with van der Waals surface area (Å²) in [6.45, 7) is 4.45. The molecule has 4 heteroatoms. The van der Waals surface area contributed by atoms with Gasteiger partial charge >= 0.3 is 0 Å². The van der Waals surface area contributed by atoms with Gasteiger partial charge in [-0.1, -0.05) is 212 Å². The highest BCUT2D eigenvalue weighted by atomic mass is 15.1. The summed E-state index contributed by atoms with van der Waals surface area (Å²) in [5.74, 6) is 1.93. The minimum absolute atomic E-state index is 0.416. The molecule has 0 unspecified atom stereocenters. The maximum absolute atomic E-state index is 5.14. The molecule has 11 aromatic rings. The predicted molar refractivity (Wildman–Crippen MR) is 287 cm³/mol. The van der Waals surface area contributed by atoms with E-state index in [1.165, 1.54) is 55.6 Å². The molecule has 13 rings (SSSR count). The van der Waals surface area contributed by atoms with Crippen LogP contribution in [0.4, 0.5) is 17.1 Å². The first-order valence-electron chi connectivity index (χ1n) is 24.0. The van der Waals surface area contributed by atoms with Gasteiger partial charge in [-0.15, -0.1) is 0 Å². The highest BCUT2D eigenvalue weighted by Gasteiger charge is 2.51. The molecule has 0 bridgehead atoms. The number of hydrogen-bond acceptors (Lipinski definition) is 4. The summed E-state index contributed by atoms with van der Waals surface area (Å²) in [5, 5.41) is 0. The molecule has 0 saturated carbocycles. The van der Waals surface area contributed by atoms with Gasteiger partial charge < -0.3 is 4.90 Å². The van der Waals surface area contributed by atoms with Crippen molar-refractivity contribution in [3.63, 3.8) is 0 Å². The third kappa shape index (κ3) is 6.48. The number of rotatable bonds is 8. The molecule has 70 heavy (non-hydrogen) atoms. The summed E-state index contributed by atoms with van der Waals surface area (Å²) in [6.07, 6.45) is 0. The molecule has 0 saturated heterocycles. The van der Waals surface area contributed by atoms with Crippen molar-refractivity contribution in [2.75, 3.05) is 4.90 Å². The quantitative estimate of drug-likeness (QED) is 0.152. The highest BCUT2D eigenvalue weighted by molar-refractivity contribution is 5.97. The van der Waals surface area contributed by atoms with Crippen molar-refractivity contribution in [2.45, 2.75) is 19.3 Å². The van der Waals surface area contributed by atoms with E-state index >= 15 is 0 Å². The number of fused-ring (bicyclic) bond motifs is 10. The fraction of sp³-hybridized carbons (Fsp3) is 0.0455. The topological polar surface area (TPSA) is 41.9 Å². The lowest BCUT2D eigenvalue weighted by molar-refractivity contribution is 0.794. The molecule has 2 aliphatic rings. The molecule has 0 atom stereocenters. The van der Waals surface area contributed by atoms with Crippen LogP contribution in [0.2, 0.25) is 0 Å². The SMILES string of the molecule is Cc1c(-c2nc(-c3ccccc3)nc(-c3ccccc3)n2)cccc1-c1cccc(N(c2ccc(-c3ccccc3)cc2)c2ccc3c(c2)-c2ccccc2C32c3ccccc3-c3ccccc32)c1C. The number of hydrogen-bond donors (Lipinski definition) is 0. The van der Waals surface area contributed by atoms with Gasteiger partial charge in [0.15, 0.2) is 17.5 Å². The van der Waals surface area contributed by atoms with Gasteiger partial charge in [-0.25, -0.2) is 15.0 Å². The van der Waals surface area contributed by atoms with Gasteiger partial charge in [0.05, 0.1) is 5.41 Å².